The van der Waals surface area contributed by atoms with Crippen LogP contribution in [0.4, 0.5) is 0 Å². The molecule has 3 aromatic carbocycles. The van der Waals surface area contributed by atoms with Crippen molar-refractivity contribution in [1.82, 2.24) is 4.57 Å². The fourth-order valence-corrected chi connectivity index (χ4v) is 4.72. The molecule has 0 N–H and O–H groups in total. The van der Waals surface area contributed by atoms with E-state index in [0.717, 1.165) is 34.1 Å². The lowest BCUT2D eigenvalue weighted by molar-refractivity contribution is 0.0703. The highest BCUT2D eigenvalue weighted by Gasteiger charge is 2.31. The number of hydrogen-bond acceptors (Lipinski definition) is 6. The Kier molecular flexibility index (Phi) is 5.34. The zero-order valence-corrected chi connectivity index (χ0v) is 20.5. The molecule has 0 bridgehead atoms. The first-order valence-corrected chi connectivity index (χ1v) is 11.9. The molecule has 0 atom stereocenters. The van der Waals surface area contributed by atoms with Crippen LogP contribution in [0, 0.1) is 6.92 Å². The number of Topliss-reactive ketones (excluding diaryl/α,β-unsaturated/α-hetero) is 1. The number of carbonyl (C=O) groups is 2. The van der Waals surface area contributed by atoms with Gasteiger partial charge in [0.15, 0.2) is 5.76 Å². The lowest BCUT2D eigenvalue weighted by Crippen LogP contribution is -2.07. The van der Waals surface area contributed by atoms with E-state index in [1.54, 1.807) is 44.4 Å². The molecule has 1 aliphatic heterocycles. The number of fused-ring (bicyclic) bond motifs is 3. The van der Waals surface area contributed by atoms with Crippen molar-refractivity contribution in [2.24, 2.45) is 0 Å². The van der Waals surface area contributed by atoms with Crippen molar-refractivity contribution in [1.29, 1.82) is 0 Å². The summed E-state index contributed by atoms with van der Waals surface area (Å²) in [6.07, 6.45) is 3.74. The number of carbonyl (C=O) groups excluding carboxylic acids is 2. The van der Waals surface area contributed by atoms with Crippen molar-refractivity contribution in [3.05, 3.63) is 95.1 Å². The van der Waals surface area contributed by atoms with E-state index in [1.165, 1.54) is 0 Å². The molecule has 0 unspecified atom stereocenters. The van der Waals surface area contributed by atoms with Gasteiger partial charge in [-0.2, -0.15) is 0 Å². The Morgan fingerprint density at radius 2 is 1.89 bits per heavy atom. The highest BCUT2D eigenvalue weighted by Crippen LogP contribution is 2.39. The van der Waals surface area contributed by atoms with E-state index in [2.05, 4.69) is 11.5 Å². The summed E-state index contributed by atoms with van der Waals surface area (Å²) in [5.74, 6) is 0.801. The van der Waals surface area contributed by atoms with Gasteiger partial charge in [0.25, 0.3) is 0 Å². The Morgan fingerprint density at radius 1 is 1.05 bits per heavy atom. The highest BCUT2D eigenvalue weighted by atomic mass is 16.5. The van der Waals surface area contributed by atoms with Crippen molar-refractivity contribution in [2.75, 3.05) is 7.11 Å². The predicted molar refractivity (Wildman–Crippen MR) is 139 cm³/mol. The first-order valence-electron chi connectivity index (χ1n) is 11.9. The van der Waals surface area contributed by atoms with Crippen LogP contribution in [0.5, 0.6) is 17.2 Å². The summed E-state index contributed by atoms with van der Waals surface area (Å²) in [4.78, 5) is 26.0. The maximum absolute atomic E-state index is 13.3. The molecule has 0 amide bonds. The molecule has 1 aliphatic rings. The fraction of sp³-hybridized carbons (Fsp3) is 0.133. The van der Waals surface area contributed by atoms with Gasteiger partial charge in [0.05, 0.1) is 12.7 Å². The van der Waals surface area contributed by atoms with E-state index < -0.39 is 5.97 Å². The van der Waals surface area contributed by atoms with E-state index in [4.69, 9.17) is 18.6 Å². The van der Waals surface area contributed by atoms with E-state index in [1.807, 2.05) is 42.6 Å². The Morgan fingerprint density at radius 3 is 2.68 bits per heavy atom. The third-order valence-corrected chi connectivity index (χ3v) is 6.53. The summed E-state index contributed by atoms with van der Waals surface area (Å²) in [7, 11) is 1.62. The number of methoxy groups -OCH3 is 1. The zero-order chi connectivity index (χ0) is 25.7. The van der Waals surface area contributed by atoms with Crippen molar-refractivity contribution in [3.63, 3.8) is 0 Å². The Labute approximate surface area is 212 Å². The average molecular weight is 494 g/mol. The summed E-state index contributed by atoms with van der Waals surface area (Å²) in [5, 5.41) is 1.77. The number of benzene rings is 3. The summed E-state index contributed by atoms with van der Waals surface area (Å²) < 4.78 is 24.7. The number of hydrogen-bond donors (Lipinski definition) is 0. The van der Waals surface area contributed by atoms with Crippen LogP contribution in [0.3, 0.4) is 0 Å². The molecule has 0 aliphatic carbocycles. The van der Waals surface area contributed by atoms with Crippen molar-refractivity contribution in [3.8, 4) is 17.2 Å². The van der Waals surface area contributed by atoms with Crippen LogP contribution in [0.15, 0.2) is 77.0 Å². The maximum Gasteiger partial charge on any atom is 0.379 e. The molecular formula is C30H23NO6. The van der Waals surface area contributed by atoms with Gasteiger partial charge in [-0.25, -0.2) is 4.79 Å². The third kappa shape index (κ3) is 3.85. The Bertz CT molecular complexity index is 1720. The SMILES string of the molecule is CCn1cc(/C=C2\Oc3cc(OC(=O)c4cc5ccccc5o4)cc(C)c3C2=O)c2cc(OC)ccc21. The second-order valence-electron chi connectivity index (χ2n) is 8.84. The minimum Gasteiger partial charge on any atom is -0.497 e. The summed E-state index contributed by atoms with van der Waals surface area (Å²) in [5.41, 5.74) is 3.59. The molecule has 6 rings (SSSR count). The standard InChI is InChI=1S/C30H23NO6/c1-4-31-16-19(22-14-20(34-3)9-10-23(22)31)13-26-29(32)28-17(2)11-21(15-25(28)37-26)35-30(33)27-12-18-7-5-6-8-24(18)36-27/h5-16H,4H2,1-3H3/b26-13-. The smallest absolute Gasteiger partial charge is 0.379 e. The molecule has 3 heterocycles. The number of esters is 1. The highest BCUT2D eigenvalue weighted by molar-refractivity contribution is 6.16. The molecule has 0 radical (unpaired) electrons. The molecule has 0 fully saturated rings. The van der Waals surface area contributed by atoms with Crippen molar-refractivity contribution in [2.45, 2.75) is 20.4 Å². The molecule has 5 aromatic rings. The monoisotopic (exact) mass is 493 g/mol. The number of para-hydroxylation sites is 1. The van der Waals surface area contributed by atoms with Gasteiger partial charge in [0.2, 0.25) is 11.5 Å². The summed E-state index contributed by atoms with van der Waals surface area (Å²) >= 11 is 0. The van der Waals surface area contributed by atoms with Gasteiger partial charge in [0, 0.05) is 40.7 Å². The normalized spacial score (nSPS) is 13.8. The van der Waals surface area contributed by atoms with Crippen molar-refractivity contribution >= 4 is 39.7 Å². The van der Waals surface area contributed by atoms with Crippen LogP contribution in [-0.2, 0) is 6.54 Å². The van der Waals surface area contributed by atoms with E-state index in [-0.39, 0.29) is 23.1 Å². The van der Waals surface area contributed by atoms with Crippen LogP contribution in [-0.4, -0.2) is 23.4 Å². The molecule has 0 spiro atoms. The van der Waals surface area contributed by atoms with Crippen LogP contribution in [0.1, 0.15) is 39.0 Å². The number of furan rings is 1. The predicted octanol–water partition coefficient (Wildman–Crippen LogP) is 6.56. The zero-order valence-electron chi connectivity index (χ0n) is 20.5. The lowest BCUT2D eigenvalue weighted by Gasteiger charge is -2.06. The van der Waals surface area contributed by atoms with Crippen LogP contribution >= 0.6 is 0 Å². The molecule has 0 saturated heterocycles. The first-order chi connectivity index (χ1) is 17.9. The van der Waals surface area contributed by atoms with Crippen molar-refractivity contribution < 1.29 is 28.2 Å². The summed E-state index contributed by atoms with van der Waals surface area (Å²) in [6, 6.07) is 18.0. The number of ketones is 1. The number of rotatable bonds is 5. The van der Waals surface area contributed by atoms with Gasteiger partial charge in [-0.3, -0.25) is 4.79 Å². The fourth-order valence-electron chi connectivity index (χ4n) is 4.72. The average Bonchev–Trinajstić information content (AvgIpc) is 3.57. The van der Waals surface area contributed by atoms with Gasteiger partial charge in [-0.15, -0.1) is 0 Å². The minimum absolute atomic E-state index is 0.0969. The molecule has 184 valence electrons. The molecule has 7 heteroatoms. The topological polar surface area (TPSA) is 79.9 Å². The van der Waals surface area contributed by atoms with E-state index >= 15 is 0 Å². The molecule has 2 aromatic heterocycles. The van der Waals surface area contributed by atoms with Crippen LogP contribution < -0.4 is 14.2 Å². The lowest BCUT2D eigenvalue weighted by atomic mass is 10.0. The first kappa shape index (κ1) is 22.7. The van der Waals surface area contributed by atoms with Crippen LogP contribution in [0.2, 0.25) is 0 Å². The maximum atomic E-state index is 13.3. The van der Waals surface area contributed by atoms with Gasteiger partial charge in [-0.05, 0) is 61.9 Å². The second kappa shape index (κ2) is 8.71. The van der Waals surface area contributed by atoms with Gasteiger partial charge in [0.1, 0.15) is 22.8 Å². The van der Waals surface area contributed by atoms with Gasteiger partial charge >= 0.3 is 5.97 Å². The van der Waals surface area contributed by atoms with Gasteiger partial charge < -0.3 is 23.2 Å². The number of nitrogens with zero attached hydrogens (tertiary/aromatic N) is 1. The molecule has 0 saturated carbocycles. The van der Waals surface area contributed by atoms with E-state index in [9.17, 15) is 9.59 Å². The second-order valence-corrected chi connectivity index (χ2v) is 8.84. The van der Waals surface area contributed by atoms with E-state index in [0.29, 0.717) is 22.5 Å². The third-order valence-electron chi connectivity index (χ3n) is 6.53. The number of aryl methyl sites for hydroxylation is 2. The number of allylic oxidation sites excluding steroid dienone is 1. The molecule has 7 nitrogen and oxygen atoms in total. The largest absolute Gasteiger partial charge is 0.497 e. The number of ether oxygens (including phenoxy) is 3. The Balaban J connectivity index is 1.31. The molecular weight excluding hydrogens is 470 g/mol. The van der Waals surface area contributed by atoms with Gasteiger partial charge in [-0.1, -0.05) is 18.2 Å². The number of aromatic nitrogens is 1. The minimum atomic E-state index is -0.628. The summed E-state index contributed by atoms with van der Waals surface area (Å²) in [6.45, 7) is 4.63. The van der Waals surface area contributed by atoms with Crippen LogP contribution in [0.25, 0.3) is 27.9 Å². The quantitative estimate of drug-likeness (QED) is 0.157. The molecule has 37 heavy (non-hydrogen) atoms. The Hall–Kier alpha value is -4.78.